The fraction of sp³-hybridized carbons (Fsp3) is 0.412. The van der Waals surface area contributed by atoms with Gasteiger partial charge in [0.1, 0.15) is 18.2 Å². The van der Waals surface area contributed by atoms with E-state index >= 15 is 0 Å². The Morgan fingerprint density at radius 2 is 2.09 bits per heavy atom. The van der Waals surface area contributed by atoms with Crippen LogP contribution in [0.4, 0.5) is 5.69 Å². The van der Waals surface area contributed by atoms with Gasteiger partial charge in [-0.05, 0) is 50.2 Å². The molecule has 0 atom stereocenters. The van der Waals surface area contributed by atoms with E-state index in [0.717, 1.165) is 43.2 Å². The number of piperidine rings is 1. The lowest BCUT2D eigenvalue weighted by Gasteiger charge is -2.21. The van der Waals surface area contributed by atoms with E-state index in [1.807, 2.05) is 42.1 Å². The van der Waals surface area contributed by atoms with Crippen LogP contribution in [0, 0.1) is 5.92 Å². The monoisotopic (exact) mass is 314 g/mol. The number of nitrogens with one attached hydrogen (secondary N) is 2. The second kappa shape index (κ2) is 7.28. The lowest BCUT2D eigenvalue weighted by molar-refractivity contribution is -0.120. The van der Waals surface area contributed by atoms with Crippen molar-refractivity contribution >= 4 is 11.6 Å². The second-order valence-electron chi connectivity index (χ2n) is 5.78. The summed E-state index contributed by atoms with van der Waals surface area (Å²) in [5.74, 6) is 1.84. The molecule has 6 nitrogen and oxygen atoms in total. The first-order valence-corrected chi connectivity index (χ1v) is 7.93. The lowest BCUT2D eigenvalue weighted by Crippen LogP contribution is -2.34. The van der Waals surface area contributed by atoms with Crippen molar-refractivity contribution in [1.82, 2.24) is 14.9 Å². The highest BCUT2D eigenvalue weighted by atomic mass is 16.5. The minimum atomic E-state index is 0.105. The maximum absolute atomic E-state index is 12.2. The molecule has 1 aliphatic rings. The van der Waals surface area contributed by atoms with E-state index in [1.54, 1.807) is 6.20 Å². The van der Waals surface area contributed by atoms with Crippen LogP contribution in [0.3, 0.4) is 0 Å². The molecule has 122 valence electrons. The number of amides is 1. The van der Waals surface area contributed by atoms with Gasteiger partial charge < -0.3 is 19.9 Å². The predicted molar refractivity (Wildman–Crippen MR) is 88.2 cm³/mol. The molecule has 0 bridgehead atoms. The zero-order valence-electron chi connectivity index (χ0n) is 13.3. The number of imidazole rings is 1. The molecule has 1 fully saturated rings. The summed E-state index contributed by atoms with van der Waals surface area (Å²) in [6, 6.07) is 7.46. The molecule has 2 heterocycles. The van der Waals surface area contributed by atoms with Gasteiger partial charge in [-0.3, -0.25) is 4.79 Å². The van der Waals surface area contributed by atoms with Crippen LogP contribution >= 0.6 is 0 Å². The van der Waals surface area contributed by atoms with Gasteiger partial charge in [0.15, 0.2) is 0 Å². The quantitative estimate of drug-likeness (QED) is 0.885. The first-order valence-electron chi connectivity index (χ1n) is 7.93. The Hall–Kier alpha value is -2.34. The smallest absolute Gasteiger partial charge is 0.227 e. The van der Waals surface area contributed by atoms with Crippen molar-refractivity contribution in [2.75, 3.05) is 18.4 Å². The van der Waals surface area contributed by atoms with Gasteiger partial charge in [-0.2, -0.15) is 0 Å². The maximum Gasteiger partial charge on any atom is 0.227 e. The number of benzene rings is 1. The molecule has 0 saturated carbocycles. The van der Waals surface area contributed by atoms with Crippen molar-refractivity contribution in [3.63, 3.8) is 0 Å². The molecule has 1 aliphatic heterocycles. The van der Waals surface area contributed by atoms with Gasteiger partial charge >= 0.3 is 0 Å². The van der Waals surface area contributed by atoms with Crippen LogP contribution in [-0.4, -0.2) is 28.5 Å². The molecule has 0 radical (unpaired) electrons. The summed E-state index contributed by atoms with van der Waals surface area (Å²) in [5, 5.41) is 6.25. The average Bonchev–Trinajstić information content (AvgIpc) is 3.00. The Balaban J connectivity index is 1.52. The molecule has 0 unspecified atom stereocenters. The Bertz CT molecular complexity index is 645. The van der Waals surface area contributed by atoms with E-state index in [1.165, 1.54) is 0 Å². The van der Waals surface area contributed by atoms with Crippen molar-refractivity contribution < 1.29 is 9.53 Å². The summed E-state index contributed by atoms with van der Waals surface area (Å²) in [6.45, 7) is 2.25. The molecule has 0 spiro atoms. The average molecular weight is 314 g/mol. The first kappa shape index (κ1) is 15.6. The number of aromatic nitrogens is 2. The summed E-state index contributed by atoms with van der Waals surface area (Å²) in [6.07, 6.45) is 5.43. The highest BCUT2D eigenvalue weighted by Crippen LogP contribution is 2.19. The van der Waals surface area contributed by atoms with Crippen LogP contribution in [0.2, 0.25) is 0 Å². The number of anilines is 1. The fourth-order valence-electron chi connectivity index (χ4n) is 2.65. The Kier molecular flexibility index (Phi) is 4.92. The Labute approximate surface area is 135 Å². The lowest BCUT2D eigenvalue weighted by atomic mass is 9.97. The van der Waals surface area contributed by atoms with Gasteiger partial charge in [0, 0.05) is 31.0 Å². The number of hydrogen-bond donors (Lipinski definition) is 2. The highest BCUT2D eigenvalue weighted by molar-refractivity contribution is 5.92. The topological polar surface area (TPSA) is 68.2 Å². The van der Waals surface area contributed by atoms with Gasteiger partial charge in [-0.1, -0.05) is 0 Å². The van der Waals surface area contributed by atoms with E-state index in [9.17, 15) is 4.79 Å². The molecular weight excluding hydrogens is 292 g/mol. The van der Waals surface area contributed by atoms with Crippen LogP contribution < -0.4 is 15.4 Å². The third-order valence-electron chi connectivity index (χ3n) is 4.12. The van der Waals surface area contributed by atoms with Gasteiger partial charge in [0.25, 0.3) is 0 Å². The number of ether oxygens (including phenoxy) is 1. The van der Waals surface area contributed by atoms with Gasteiger partial charge in [-0.25, -0.2) is 4.98 Å². The van der Waals surface area contributed by atoms with Crippen molar-refractivity contribution in [2.24, 2.45) is 13.0 Å². The van der Waals surface area contributed by atoms with Gasteiger partial charge in [0.2, 0.25) is 5.91 Å². The largest absolute Gasteiger partial charge is 0.486 e. The fourth-order valence-corrected chi connectivity index (χ4v) is 2.65. The third kappa shape index (κ3) is 4.10. The van der Waals surface area contributed by atoms with Gasteiger partial charge in [-0.15, -0.1) is 0 Å². The van der Waals surface area contributed by atoms with Crippen LogP contribution in [0.5, 0.6) is 5.75 Å². The molecule has 0 aliphatic carbocycles. The molecule has 1 aromatic heterocycles. The molecule has 1 aromatic carbocycles. The zero-order chi connectivity index (χ0) is 16.1. The summed E-state index contributed by atoms with van der Waals surface area (Å²) >= 11 is 0. The number of hydrogen-bond acceptors (Lipinski definition) is 4. The normalized spacial score (nSPS) is 15.3. The van der Waals surface area contributed by atoms with Crippen molar-refractivity contribution in [3.05, 3.63) is 42.5 Å². The Morgan fingerprint density at radius 1 is 1.35 bits per heavy atom. The summed E-state index contributed by atoms with van der Waals surface area (Å²) in [4.78, 5) is 16.4. The molecule has 1 saturated heterocycles. The number of aryl methyl sites for hydroxylation is 1. The van der Waals surface area contributed by atoms with E-state index in [4.69, 9.17) is 4.74 Å². The highest BCUT2D eigenvalue weighted by Gasteiger charge is 2.20. The SMILES string of the molecule is Cn1ccnc1COc1ccc(NC(=O)C2CCNCC2)cc1. The molecule has 2 aromatic rings. The molecule has 6 heteroatoms. The van der Waals surface area contributed by atoms with Crippen molar-refractivity contribution in [2.45, 2.75) is 19.4 Å². The van der Waals surface area contributed by atoms with E-state index in [0.29, 0.717) is 6.61 Å². The third-order valence-corrected chi connectivity index (χ3v) is 4.12. The number of nitrogens with zero attached hydrogens (tertiary/aromatic N) is 2. The standard InChI is InChI=1S/C17H22N4O2/c1-21-11-10-19-16(21)12-23-15-4-2-14(3-5-15)20-17(22)13-6-8-18-9-7-13/h2-5,10-11,13,18H,6-9,12H2,1H3,(H,20,22). The molecule has 23 heavy (non-hydrogen) atoms. The molecule has 1 amide bonds. The Morgan fingerprint density at radius 3 is 2.74 bits per heavy atom. The van der Waals surface area contributed by atoms with Crippen molar-refractivity contribution in [3.8, 4) is 5.75 Å². The molecule has 2 N–H and O–H groups in total. The zero-order valence-corrected chi connectivity index (χ0v) is 13.3. The summed E-state index contributed by atoms with van der Waals surface area (Å²) in [5.41, 5.74) is 0.804. The van der Waals surface area contributed by atoms with Gasteiger partial charge in [0.05, 0.1) is 0 Å². The number of carbonyl (C=O) groups excluding carboxylic acids is 1. The van der Waals surface area contributed by atoms with Crippen LogP contribution in [0.25, 0.3) is 0 Å². The van der Waals surface area contributed by atoms with Crippen molar-refractivity contribution in [1.29, 1.82) is 0 Å². The second-order valence-corrected chi connectivity index (χ2v) is 5.78. The molecule has 3 rings (SSSR count). The minimum Gasteiger partial charge on any atom is -0.486 e. The van der Waals surface area contributed by atoms with E-state index in [2.05, 4.69) is 15.6 Å². The van der Waals surface area contributed by atoms with Crippen LogP contribution in [0.15, 0.2) is 36.7 Å². The van der Waals surface area contributed by atoms with Crippen LogP contribution in [-0.2, 0) is 18.4 Å². The number of carbonyl (C=O) groups is 1. The predicted octanol–water partition coefficient (Wildman–Crippen LogP) is 1.94. The van der Waals surface area contributed by atoms with E-state index < -0.39 is 0 Å². The summed E-state index contributed by atoms with van der Waals surface area (Å²) in [7, 11) is 1.94. The maximum atomic E-state index is 12.2. The van der Waals surface area contributed by atoms with E-state index in [-0.39, 0.29) is 11.8 Å². The first-order chi connectivity index (χ1) is 11.2. The number of rotatable bonds is 5. The molecular formula is C17H22N4O2. The van der Waals surface area contributed by atoms with Crippen LogP contribution in [0.1, 0.15) is 18.7 Å². The minimum absolute atomic E-state index is 0.105. The summed E-state index contributed by atoms with van der Waals surface area (Å²) < 4.78 is 7.63.